The molecule has 2 aromatic carbocycles. The van der Waals surface area contributed by atoms with Gasteiger partial charge in [-0.3, -0.25) is 9.59 Å². The summed E-state index contributed by atoms with van der Waals surface area (Å²) in [5, 5.41) is 5.66. The number of carbonyl (C=O) groups is 2. The molecular weight excluding hydrogens is 471 g/mol. The Morgan fingerprint density at radius 2 is 1.74 bits per heavy atom. The number of carbonyl (C=O) groups excluding carboxylic acids is 2. The molecule has 120 valence electrons. The molecule has 0 aliphatic carbocycles. The van der Waals surface area contributed by atoms with Crippen LogP contribution in [0.4, 0.5) is 5.69 Å². The maximum atomic E-state index is 12.5. The zero-order valence-corrected chi connectivity index (χ0v) is 16.4. The monoisotopic (exact) mass is 486 g/mol. The molecule has 2 rings (SSSR count). The normalized spacial score (nSPS) is 10.5. The van der Waals surface area contributed by atoms with Gasteiger partial charge in [-0.25, -0.2) is 0 Å². The number of halogens is 2. The lowest BCUT2D eigenvalue weighted by atomic mass is 10.1. The van der Waals surface area contributed by atoms with Crippen molar-refractivity contribution in [2.75, 3.05) is 5.32 Å². The summed E-state index contributed by atoms with van der Waals surface area (Å²) in [4.78, 5) is 24.8. The summed E-state index contributed by atoms with van der Waals surface area (Å²) < 4.78 is 1.67. The molecule has 0 aliphatic heterocycles. The fraction of sp³-hybridized carbons (Fsp3) is 0.176. The van der Waals surface area contributed by atoms with Crippen LogP contribution >= 0.6 is 38.5 Å². The molecule has 2 aromatic rings. The fourth-order valence-electron chi connectivity index (χ4n) is 1.99. The minimum atomic E-state index is -0.250. The van der Waals surface area contributed by atoms with Gasteiger partial charge in [0, 0.05) is 14.1 Å². The first kappa shape index (κ1) is 17.9. The van der Waals surface area contributed by atoms with Gasteiger partial charge in [0.25, 0.3) is 11.8 Å². The number of hydrogen-bond acceptors (Lipinski definition) is 2. The number of rotatable bonds is 4. The molecule has 0 saturated heterocycles. The van der Waals surface area contributed by atoms with Crippen LogP contribution in [-0.4, -0.2) is 17.9 Å². The minimum absolute atomic E-state index is 0.0253. The van der Waals surface area contributed by atoms with Crippen molar-refractivity contribution in [3.05, 3.63) is 61.6 Å². The van der Waals surface area contributed by atoms with Gasteiger partial charge in [0.1, 0.15) is 0 Å². The highest BCUT2D eigenvalue weighted by Crippen LogP contribution is 2.21. The van der Waals surface area contributed by atoms with Gasteiger partial charge in [-0.1, -0.05) is 28.1 Å². The summed E-state index contributed by atoms with van der Waals surface area (Å²) in [6.45, 7) is 3.78. The van der Waals surface area contributed by atoms with Crippen molar-refractivity contribution in [1.29, 1.82) is 0 Å². The second-order valence-corrected chi connectivity index (χ2v) is 7.33. The number of hydrogen-bond donors (Lipinski definition) is 2. The number of nitrogens with one attached hydrogen (secondary N) is 2. The smallest absolute Gasteiger partial charge is 0.256 e. The SMILES string of the molecule is CC(C)NC(=O)c1ccccc1NC(=O)c1cc(Br)ccc1I. The van der Waals surface area contributed by atoms with Crippen LogP contribution in [0.5, 0.6) is 0 Å². The molecular formula is C17H16BrIN2O2. The maximum Gasteiger partial charge on any atom is 0.256 e. The molecule has 0 heterocycles. The van der Waals surface area contributed by atoms with Crippen molar-refractivity contribution in [2.45, 2.75) is 19.9 Å². The first-order valence-corrected chi connectivity index (χ1v) is 8.92. The van der Waals surface area contributed by atoms with Crippen LogP contribution < -0.4 is 10.6 Å². The zero-order valence-electron chi connectivity index (χ0n) is 12.7. The van der Waals surface area contributed by atoms with Crippen molar-refractivity contribution >= 4 is 56.0 Å². The van der Waals surface area contributed by atoms with E-state index in [-0.39, 0.29) is 17.9 Å². The molecule has 0 aromatic heterocycles. The molecule has 0 atom stereocenters. The number of benzene rings is 2. The third-order valence-electron chi connectivity index (χ3n) is 3.01. The molecule has 0 saturated carbocycles. The van der Waals surface area contributed by atoms with Gasteiger partial charge in [0.2, 0.25) is 0 Å². The third-order valence-corrected chi connectivity index (χ3v) is 4.45. The van der Waals surface area contributed by atoms with Crippen molar-refractivity contribution in [2.24, 2.45) is 0 Å². The van der Waals surface area contributed by atoms with Gasteiger partial charge < -0.3 is 10.6 Å². The van der Waals surface area contributed by atoms with E-state index in [9.17, 15) is 9.59 Å². The zero-order chi connectivity index (χ0) is 17.0. The Morgan fingerprint density at radius 1 is 1.04 bits per heavy atom. The quantitative estimate of drug-likeness (QED) is 0.627. The summed E-state index contributed by atoms with van der Waals surface area (Å²) in [6.07, 6.45) is 0. The van der Waals surface area contributed by atoms with Crippen LogP contribution in [0.2, 0.25) is 0 Å². The maximum absolute atomic E-state index is 12.5. The summed E-state index contributed by atoms with van der Waals surface area (Å²) in [5.41, 5.74) is 1.49. The topological polar surface area (TPSA) is 58.2 Å². The summed E-state index contributed by atoms with van der Waals surface area (Å²) >= 11 is 5.48. The van der Waals surface area contributed by atoms with Crippen LogP contribution in [0.3, 0.4) is 0 Å². The van der Waals surface area contributed by atoms with Gasteiger partial charge >= 0.3 is 0 Å². The summed E-state index contributed by atoms with van der Waals surface area (Å²) in [5.74, 6) is -0.458. The lowest BCUT2D eigenvalue weighted by molar-refractivity contribution is 0.0944. The van der Waals surface area contributed by atoms with E-state index in [4.69, 9.17) is 0 Å². The van der Waals surface area contributed by atoms with E-state index in [0.29, 0.717) is 16.8 Å². The molecule has 0 spiro atoms. The predicted molar refractivity (Wildman–Crippen MR) is 104 cm³/mol. The van der Waals surface area contributed by atoms with Crippen molar-refractivity contribution in [3.63, 3.8) is 0 Å². The van der Waals surface area contributed by atoms with Crippen LogP contribution in [0.25, 0.3) is 0 Å². The van der Waals surface area contributed by atoms with E-state index in [0.717, 1.165) is 8.04 Å². The molecule has 0 aliphatic rings. The molecule has 0 unspecified atom stereocenters. The Kier molecular flexibility index (Phi) is 6.17. The van der Waals surface area contributed by atoms with E-state index in [1.807, 2.05) is 26.0 Å². The predicted octanol–water partition coefficient (Wildman–Crippen LogP) is 4.44. The van der Waals surface area contributed by atoms with E-state index in [1.54, 1.807) is 30.3 Å². The van der Waals surface area contributed by atoms with Crippen molar-refractivity contribution in [1.82, 2.24) is 5.32 Å². The molecule has 2 amide bonds. The first-order valence-electron chi connectivity index (χ1n) is 7.04. The molecule has 6 heteroatoms. The van der Waals surface area contributed by atoms with Crippen molar-refractivity contribution < 1.29 is 9.59 Å². The minimum Gasteiger partial charge on any atom is -0.350 e. The molecule has 0 fully saturated rings. The van der Waals surface area contributed by atoms with Gasteiger partial charge in [0.05, 0.1) is 16.8 Å². The van der Waals surface area contributed by atoms with Crippen LogP contribution in [0.15, 0.2) is 46.9 Å². The second kappa shape index (κ2) is 7.92. The average molecular weight is 487 g/mol. The Balaban J connectivity index is 2.28. The molecule has 0 radical (unpaired) electrons. The van der Waals surface area contributed by atoms with E-state index in [1.165, 1.54) is 0 Å². The first-order chi connectivity index (χ1) is 10.9. The van der Waals surface area contributed by atoms with Gasteiger partial charge in [0.15, 0.2) is 0 Å². The lowest BCUT2D eigenvalue weighted by Crippen LogP contribution is -2.31. The van der Waals surface area contributed by atoms with Crippen LogP contribution in [0.1, 0.15) is 34.6 Å². The Morgan fingerprint density at radius 3 is 2.43 bits per heavy atom. The second-order valence-electron chi connectivity index (χ2n) is 5.25. The number of amides is 2. The van der Waals surface area contributed by atoms with Gasteiger partial charge in [-0.05, 0) is 66.8 Å². The molecule has 2 N–H and O–H groups in total. The third kappa shape index (κ3) is 4.78. The summed E-state index contributed by atoms with van der Waals surface area (Å²) in [6, 6.07) is 12.5. The molecule has 0 bridgehead atoms. The van der Waals surface area contributed by atoms with E-state index < -0.39 is 0 Å². The van der Waals surface area contributed by atoms with Gasteiger partial charge in [-0.2, -0.15) is 0 Å². The summed E-state index contributed by atoms with van der Waals surface area (Å²) in [7, 11) is 0. The Labute approximate surface area is 157 Å². The highest BCUT2D eigenvalue weighted by atomic mass is 127. The average Bonchev–Trinajstić information content (AvgIpc) is 2.49. The number of para-hydroxylation sites is 1. The molecule has 4 nitrogen and oxygen atoms in total. The largest absolute Gasteiger partial charge is 0.350 e. The highest BCUT2D eigenvalue weighted by Gasteiger charge is 2.16. The van der Waals surface area contributed by atoms with E-state index in [2.05, 4.69) is 49.2 Å². The van der Waals surface area contributed by atoms with Crippen LogP contribution in [0, 0.1) is 3.57 Å². The van der Waals surface area contributed by atoms with Gasteiger partial charge in [-0.15, -0.1) is 0 Å². The van der Waals surface area contributed by atoms with E-state index >= 15 is 0 Å². The standard InChI is InChI=1S/C17H16BrIN2O2/c1-10(2)20-16(22)12-5-3-4-6-15(12)21-17(23)13-9-11(18)7-8-14(13)19/h3-10H,1-2H3,(H,20,22)(H,21,23). The van der Waals surface area contributed by atoms with Crippen LogP contribution in [-0.2, 0) is 0 Å². The molecule has 23 heavy (non-hydrogen) atoms. The highest BCUT2D eigenvalue weighted by molar-refractivity contribution is 14.1. The van der Waals surface area contributed by atoms with Crippen molar-refractivity contribution in [3.8, 4) is 0 Å². The fourth-order valence-corrected chi connectivity index (χ4v) is 2.93. The Hall–Kier alpha value is -1.41. The Bertz CT molecular complexity index is 747. The lowest BCUT2D eigenvalue weighted by Gasteiger charge is -2.13. The number of anilines is 1.